The number of rotatable bonds is 1. The monoisotopic (exact) mass is 393 g/mol. The van der Waals surface area contributed by atoms with Crippen molar-refractivity contribution in [1.29, 1.82) is 0 Å². The number of alkyl halides is 3. The van der Waals surface area contributed by atoms with Crippen molar-refractivity contribution in [2.24, 2.45) is 5.41 Å². The molecule has 0 aliphatic carbocycles. The first kappa shape index (κ1) is 19.0. The molecule has 1 spiro atoms. The zero-order valence-electron chi connectivity index (χ0n) is 15.5. The molecule has 1 aromatic heterocycles. The van der Waals surface area contributed by atoms with Gasteiger partial charge < -0.3 is 15.3 Å². The van der Waals surface area contributed by atoms with Crippen LogP contribution in [0.1, 0.15) is 30.5 Å². The van der Waals surface area contributed by atoms with Crippen molar-refractivity contribution in [3.63, 3.8) is 0 Å². The third kappa shape index (κ3) is 3.09. The Labute approximate surface area is 160 Å². The molecule has 2 fully saturated rings. The molecular weight excluding hydrogens is 371 g/mol. The Morgan fingerprint density at radius 3 is 2.82 bits per heavy atom. The summed E-state index contributed by atoms with van der Waals surface area (Å²) in [6, 6.07) is 5.40. The molecule has 0 unspecified atom stereocenters. The molecule has 8 heteroatoms. The minimum Gasteiger partial charge on any atom is -0.392 e. The van der Waals surface area contributed by atoms with Gasteiger partial charge in [0.25, 0.3) is 0 Å². The smallest absolute Gasteiger partial charge is 0.392 e. The van der Waals surface area contributed by atoms with Crippen molar-refractivity contribution >= 4 is 22.5 Å². The Morgan fingerprint density at radius 1 is 1.32 bits per heavy atom. The number of aliphatic hydroxyl groups is 1. The number of pyridine rings is 1. The maximum absolute atomic E-state index is 13.1. The van der Waals surface area contributed by atoms with Crippen LogP contribution in [0.2, 0.25) is 0 Å². The van der Waals surface area contributed by atoms with Crippen LogP contribution in [-0.2, 0) is 11.0 Å². The third-order valence-corrected chi connectivity index (χ3v) is 5.90. The normalized spacial score (nSPS) is 26.0. The van der Waals surface area contributed by atoms with Crippen LogP contribution in [0.3, 0.4) is 0 Å². The fourth-order valence-corrected chi connectivity index (χ4v) is 4.43. The number of benzene rings is 1. The highest BCUT2D eigenvalue weighted by molar-refractivity contribution is 5.93. The van der Waals surface area contributed by atoms with Gasteiger partial charge in [0, 0.05) is 36.4 Å². The van der Waals surface area contributed by atoms with E-state index in [1.165, 1.54) is 6.07 Å². The number of hydrogen-bond acceptors (Lipinski definition) is 4. The molecule has 28 heavy (non-hydrogen) atoms. The van der Waals surface area contributed by atoms with E-state index in [9.17, 15) is 23.1 Å². The first-order valence-corrected chi connectivity index (χ1v) is 9.41. The van der Waals surface area contributed by atoms with Gasteiger partial charge in [0.1, 0.15) is 0 Å². The molecule has 0 radical (unpaired) electrons. The molecule has 1 aromatic carbocycles. The fraction of sp³-hybridized carbons (Fsp3) is 0.500. The fourth-order valence-electron chi connectivity index (χ4n) is 4.43. The quantitative estimate of drug-likeness (QED) is 0.782. The molecule has 2 N–H and O–H groups in total. The summed E-state index contributed by atoms with van der Waals surface area (Å²) in [7, 11) is 0. The van der Waals surface area contributed by atoms with E-state index in [-0.39, 0.29) is 11.4 Å². The number of piperidine rings is 2. The third-order valence-electron chi connectivity index (χ3n) is 5.90. The lowest BCUT2D eigenvalue weighted by molar-refractivity contribution is -0.142. The number of hydrogen-bond donors (Lipinski definition) is 2. The summed E-state index contributed by atoms with van der Waals surface area (Å²) >= 11 is 0. The number of aryl methyl sites for hydroxylation is 1. The summed E-state index contributed by atoms with van der Waals surface area (Å²) in [5.41, 5.74) is 0.0154. The second-order valence-corrected chi connectivity index (χ2v) is 7.75. The number of nitrogens with zero attached hydrogens (tertiary/aromatic N) is 2. The number of aromatic nitrogens is 1. The number of amides is 1. The van der Waals surface area contributed by atoms with Crippen LogP contribution in [0.25, 0.3) is 10.9 Å². The zero-order valence-corrected chi connectivity index (χ0v) is 15.5. The molecule has 0 saturated carbocycles. The molecule has 2 atom stereocenters. The van der Waals surface area contributed by atoms with Gasteiger partial charge >= 0.3 is 6.18 Å². The van der Waals surface area contributed by atoms with Gasteiger partial charge in [-0.2, -0.15) is 13.2 Å². The molecule has 150 valence electrons. The second kappa shape index (κ2) is 6.62. The van der Waals surface area contributed by atoms with Gasteiger partial charge in [-0.1, -0.05) is 6.07 Å². The first-order valence-electron chi connectivity index (χ1n) is 9.41. The highest BCUT2D eigenvalue weighted by atomic mass is 19.4. The lowest BCUT2D eigenvalue weighted by Gasteiger charge is -2.47. The van der Waals surface area contributed by atoms with Crippen LogP contribution >= 0.6 is 0 Å². The number of anilines is 1. The molecular formula is C20H22F3N3O2. The van der Waals surface area contributed by atoms with Crippen molar-refractivity contribution in [3.05, 3.63) is 35.5 Å². The van der Waals surface area contributed by atoms with Gasteiger partial charge in [0.2, 0.25) is 5.91 Å². The van der Waals surface area contributed by atoms with Crippen molar-refractivity contribution in [2.75, 3.05) is 24.5 Å². The van der Waals surface area contributed by atoms with Crippen LogP contribution in [0.4, 0.5) is 18.9 Å². The van der Waals surface area contributed by atoms with E-state index >= 15 is 0 Å². The maximum Gasteiger partial charge on any atom is 0.416 e. The second-order valence-electron chi connectivity index (χ2n) is 7.75. The lowest BCUT2D eigenvalue weighted by atomic mass is 9.71. The molecule has 3 heterocycles. The van der Waals surface area contributed by atoms with E-state index in [4.69, 9.17) is 0 Å². The van der Waals surface area contributed by atoms with E-state index < -0.39 is 23.3 Å². The molecule has 0 bridgehead atoms. The Hall–Kier alpha value is -2.35. The van der Waals surface area contributed by atoms with Crippen LogP contribution in [0, 0.1) is 12.3 Å². The average Bonchev–Trinajstić information content (AvgIpc) is 2.64. The highest BCUT2D eigenvalue weighted by Crippen LogP contribution is 2.41. The maximum atomic E-state index is 13.1. The summed E-state index contributed by atoms with van der Waals surface area (Å²) < 4.78 is 39.3. The van der Waals surface area contributed by atoms with E-state index in [2.05, 4.69) is 10.3 Å². The predicted octanol–water partition coefficient (Wildman–Crippen LogP) is 3.03. The zero-order chi connectivity index (χ0) is 20.1. The van der Waals surface area contributed by atoms with Gasteiger partial charge in [-0.05, 0) is 44.4 Å². The van der Waals surface area contributed by atoms with E-state index in [1.807, 2.05) is 11.0 Å². The topological polar surface area (TPSA) is 65.5 Å². The molecule has 2 saturated heterocycles. The molecule has 4 rings (SSSR count). The van der Waals surface area contributed by atoms with Gasteiger partial charge in [-0.3, -0.25) is 9.78 Å². The average molecular weight is 393 g/mol. The Kier molecular flexibility index (Phi) is 4.49. The predicted molar refractivity (Wildman–Crippen MR) is 99.0 cm³/mol. The molecule has 5 nitrogen and oxygen atoms in total. The SMILES string of the molecule is Cc1cc(N2CC[C@@H](O)[C@@]3(CCCNC3=O)C2)c2ccc(C(F)(F)F)cc2n1. The highest BCUT2D eigenvalue weighted by Gasteiger charge is 2.50. The van der Waals surface area contributed by atoms with Crippen molar-refractivity contribution in [1.82, 2.24) is 10.3 Å². The number of fused-ring (bicyclic) bond motifs is 1. The van der Waals surface area contributed by atoms with E-state index in [0.29, 0.717) is 43.6 Å². The van der Waals surface area contributed by atoms with Crippen LogP contribution < -0.4 is 10.2 Å². The minimum absolute atomic E-state index is 0.148. The van der Waals surface area contributed by atoms with Gasteiger partial charge in [0.05, 0.1) is 22.6 Å². The summed E-state index contributed by atoms with van der Waals surface area (Å²) in [6.07, 6.45) is -3.34. The van der Waals surface area contributed by atoms with Gasteiger partial charge in [-0.15, -0.1) is 0 Å². The number of halogens is 3. The van der Waals surface area contributed by atoms with Crippen LogP contribution in [-0.4, -0.2) is 41.7 Å². The van der Waals surface area contributed by atoms with Gasteiger partial charge in [-0.25, -0.2) is 0 Å². The summed E-state index contributed by atoms with van der Waals surface area (Å²) in [5, 5.41) is 14.1. The van der Waals surface area contributed by atoms with Gasteiger partial charge in [0.15, 0.2) is 0 Å². The lowest BCUT2D eigenvalue weighted by Crippen LogP contribution is -2.61. The standard InChI is InChI=1S/C20H22F3N3O2/c1-12-9-16(14-4-3-13(20(21,22)23)10-15(14)25-12)26-8-5-17(27)19(11-26)6-2-7-24-18(19)28/h3-4,9-10,17,27H,2,5-8,11H2,1H3,(H,24,28)/t17-,19-/m1/s1. The molecule has 1 amide bonds. The first-order chi connectivity index (χ1) is 13.2. The minimum atomic E-state index is -4.43. The summed E-state index contributed by atoms with van der Waals surface area (Å²) in [6.45, 7) is 3.20. The number of aliphatic hydroxyl groups excluding tert-OH is 1. The van der Waals surface area contributed by atoms with Crippen molar-refractivity contribution < 1.29 is 23.1 Å². The number of carbonyl (C=O) groups excluding carboxylic acids is 1. The van der Waals surface area contributed by atoms with Crippen LogP contribution in [0.15, 0.2) is 24.3 Å². The molecule has 2 aliphatic rings. The Bertz CT molecular complexity index is 931. The Balaban J connectivity index is 1.77. The summed E-state index contributed by atoms with van der Waals surface area (Å²) in [4.78, 5) is 18.9. The number of nitrogens with one attached hydrogen (secondary N) is 1. The molecule has 2 aromatic rings. The van der Waals surface area contributed by atoms with E-state index in [1.54, 1.807) is 6.92 Å². The molecule has 2 aliphatic heterocycles. The van der Waals surface area contributed by atoms with Crippen molar-refractivity contribution in [3.8, 4) is 0 Å². The Morgan fingerprint density at radius 2 is 2.11 bits per heavy atom. The number of carbonyl (C=O) groups is 1. The van der Waals surface area contributed by atoms with Crippen molar-refractivity contribution in [2.45, 2.75) is 38.5 Å². The summed E-state index contributed by atoms with van der Waals surface area (Å²) in [5.74, 6) is -0.148. The van der Waals surface area contributed by atoms with Crippen LogP contribution in [0.5, 0.6) is 0 Å². The van der Waals surface area contributed by atoms with E-state index in [0.717, 1.165) is 24.2 Å². The largest absolute Gasteiger partial charge is 0.416 e.